The van der Waals surface area contributed by atoms with Gasteiger partial charge in [0.2, 0.25) is 15.9 Å². The monoisotopic (exact) mass is 466 g/mol. The molecule has 3 aromatic carbocycles. The highest BCUT2D eigenvalue weighted by atomic mass is 32.2. The van der Waals surface area contributed by atoms with E-state index in [9.17, 15) is 13.2 Å². The van der Waals surface area contributed by atoms with E-state index in [4.69, 9.17) is 4.74 Å². The second-order valence-corrected chi connectivity index (χ2v) is 9.84. The van der Waals surface area contributed by atoms with Crippen LogP contribution in [0.1, 0.15) is 31.2 Å². The lowest BCUT2D eigenvalue weighted by atomic mass is 10.0. The summed E-state index contributed by atoms with van der Waals surface area (Å²) in [6.45, 7) is 2.77. The fourth-order valence-corrected chi connectivity index (χ4v) is 4.44. The molecule has 0 bridgehead atoms. The average Bonchev–Trinajstić information content (AvgIpc) is 2.81. The van der Waals surface area contributed by atoms with E-state index in [1.54, 1.807) is 24.3 Å². The van der Waals surface area contributed by atoms with Gasteiger partial charge in [0.1, 0.15) is 5.75 Å². The van der Waals surface area contributed by atoms with Gasteiger partial charge in [-0.2, -0.15) is 0 Å². The van der Waals surface area contributed by atoms with Gasteiger partial charge in [-0.25, -0.2) is 8.42 Å². The molecule has 7 heteroatoms. The minimum atomic E-state index is -3.57. The molecule has 0 spiro atoms. The number of rotatable bonds is 11. The van der Waals surface area contributed by atoms with Crippen molar-refractivity contribution >= 4 is 21.6 Å². The third-order valence-corrected chi connectivity index (χ3v) is 6.42. The van der Waals surface area contributed by atoms with Crippen LogP contribution in [0.2, 0.25) is 0 Å². The molecule has 6 nitrogen and oxygen atoms in total. The first-order valence-corrected chi connectivity index (χ1v) is 12.8. The predicted molar refractivity (Wildman–Crippen MR) is 132 cm³/mol. The first-order chi connectivity index (χ1) is 15.8. The number of para-hydroxylation sites is 3. The molecule has 3 aromatic rings. The van der Waals surface area contributed by atoms with Crippen molar-refractivity contribution in [2.45, 2.75) is 25.7 Å². The largest absolute Gasteiger partial charge is 0.455 e. The average molecular weight is 467 g/mol. The van der Waals surface area contributed by atoms with Gasteiger partial charge >= 0.3 is 0 Å². The Morgan fingerprint density at radius 2 is 1.55 bits per heavy atom. The Kier molecular flexibility index (Phi) is 8.49. The third-order valence-electron chi connectivity index (χ3n) is 5.24. The van der Waals surface area contributed by atoms with Gasteiger partial charge in [-0.15, -0.1) is 0 Å². The first-order valence-electron chi connectivity index (χ1n) is 11.0. The summed E-state index contributed by atoms with van der Waals surface area (Å²) in [5, 5.41) is 2.95. The number of nitrogens with one attached hydrogen (secondary N) is 1. The van der Waals surface area contributed by atoms with E-state index >= 15 is 0 Å². The molecular formula is C26H30N2O4S. The van der Waals surface area contributed by atoms with Crippen molar-refractivity contribution in [3.8, 4) is 11.5 Å². The number of carbonyl (C=O) groups is 1. The van der Waals surface area contributed by atoms with Crippen LogP contribution >= 0.6 is 0 Å². The lowest BCUT2D eigenvalue weighted by Gasteiger charge is -2.24. The third kappa shape index (κ3) is 7.36. The molecule has 0 aromatic heterocycles. The van der Waals surface area contributed by atoms with E-state index in [1.807, 2.05) is 60.7 Å². The minimum absolute atomic E-state index is 0.0972. The van der Waals surface area contributed by atoms with Crippen LogP contribution < -0.4 is 14.4 Å². The summed E-state index contributed by atoms with van der Waals surface area (Å²) in [4.78, 5) is 12.4. The maximum absolute atomic E-state index is 12.6. The maximum Gasteiger partial charge on any atom is 0.232 e. The predicted octanol–water partition coefficient (Wildman–Crippen LogP) is 4.95. The Balaban J connectivity index is 1.60. The Morgan fingerprint density at radius 1 is 0.939 bits per heavy atom. The summed E-state index contributed by atoms with van der Waals surface area (Å²) >= 11 is 0. The second-order valence-electron chi connectivity index (χ2n) is 7.94. The van der Waals surface area contributed by atoms with Crippen LogP contribution in [0.15, 0.2) is 84.9 Å². The van der Waals surface area contributed by atoms with Crippen molar-refractivity contribution in [3.63, 3.8) is 0 Å². The Hall–Kier alpha value is -3.32. The van der Waals surface area contributed by atoms with E-state index < -0.39 is 10.0 Å². The lowest BCUT2D eigenvalue weighted by molar-refractivity contribution is -0.121. The lowest BCUT2D eigenvalue weighted by Crippen LogP contribution is -2.33. The quantitative estimate of drug-likeness (QED) is 0.434. The van der Waals surface area contributed by atoms with Crippen molar-refractivity contribution in [3.05, 3.63) is 90.5 Å². The van der Waals surface area contributed by atoms with Crippen LogP contribution in [0, 0.1) is 0 Å². The standard InChI is InChI=1S/C26H30N2O4S/c1-21(22-12-5-3-6-13-22)20-27-26(29)18-11-19-28(33(2,30)31)24-16-9-10-17-25(24)32-23-14-7-4-8-15-23/h3-10,12-17,21H,11,18-20H2,1-2H3,(H,27,29)/t21-/m0/s1. The Bertz CT molecular complexity index is 1140. The molecule has 0 heterocycles. The van der Waals surface area contributed by atoms with Gasteiger partial charge < -0.3 is 10.1 Å². The first kappa shape index (κ1) is 24.3. The molecule has 174 valence electrons. The molecule has 0 saturated heterocycles. The molecule has 0 aliphatic carbocycles. The van der Waals surface area contributed by atoms with Crippen LogP contribution in [-0.4, -0.2) is 33.7 Å². The van der Waals surface area contributed by atoms with Gasteiger partial charge in [0.25, 0.3) is 0 Å². The summed E-state index contributed by atoms with van der Waals surface area (Å²) in [7, 11) is -3.57. The Labute approximate surface area is 196 Å². The highest BCUT2D eigenvalue weighted by Gasteiger charge is 2.21. The number of anilines is 1. The molecule has 1 amide bonds. The van der Waals surface area contributed by atoms with Gasteiger partial charge in [0, 0.05) is 19.5 Å². The molecule has 0 radical (unpaired) electrons. The molecule has 0 aliphatic rings. The molecule has 33 heavy (non-hydrogen) atoms. The number of ether oxygens (including phenoxy) is 1. The van der Waals surface area contributed by atoms with Crippen molar-refractivity contribution in [2.24, 2.45) is 0 Å². The van der Waals surface area contributed by atoms with Crippen molar-refractivity contribution in [2.75, 3.05) is 23.7 Å². The van der Waals surface area contributed by atoms with E-state index in [-0.39, 0.29) is 24.8 Å². The molecule has 0 saturated carbocycles. The van der Waals surface area contributed by atoms with Crippen LogP contribution in [0.5, 0.6) is 11.5 Å². The number of amides is 1. The number of hydrogen-bond acceptors (Lipinski definition) is 4. The van der Waals surface area contributed by atoms with Crippen LogP contribution in [0.3, 0.4) is 0 Å². The number of sulfonamides is 1. The topological polar surface area (TPSA) is 75.7 Å². The summed E-state index contributed by atoms with van der Waals surface area (Å²) in [5.41, 5.74) is 1.61. The highest BCUT2D eigenvalue weighted by molar-refractivity contribution is 7.92. The van der Waals surface area contributed by atoms with Crippen LogP contribution in [0.25, 0.3) is 0 Å². The number of carbonyl (C=O) groups excluding carboxylic acids is 1. The van der Waals surface area contributed by atoms with Crippen LogP contribution in [-0.2, 0) is 14.8 Å². The zero-order chi connectivity index (χ0) is 23.7. The molecule has 0 fully saturated rings. The molecule has 3 rings (SSSR count). The summed E-state index contributed by atoms with van der Waals surface area (Å²) in [5.74, 6) is 1.16. The fourth-order valence-electron chi connectivity index (χ4n) is 3.47. The van der Waals surface area contributed by atoms with Gasteiger partial charge in [-0.05, 0) is 42.2 Å². The minimum Gasteiger partial charge on any atom is -0.455 e. The zero-order valence-electron chi connectivity index (χ0n) is 19.0. The van der Waals surface area contributed by atoms with E-state index in [0.717, 1.165) is 11.8 Å². The number of benzene rings is 3. The van der Waals surface area contributed by atoms with Crippen molar-refractivity contribution in [1.29, 1.82) is 0 Å². The summed E-state index contributed by atoms with van der Waals surface area (Å²) < 4.78 is 32.3. The summed E-state index contributed by atoms with van der Waals surface area (Å²) in [6, 6.07) is 26.2. The van der Waals surface area contributed by atoms with Gasteiger partial charge in [0.05, 0.1) is 11.9 Å². The molecule has 0 unspecified atom stereocenters. The van der Waals surface area contributed by atoms with Crippen molar-refractivity contribution in [1.82, 2.24) is 5.32 Å². The molecular weight excluding hydrogens is 436 g/mol. The van der Waals surface area contributed by atoms with E-state index in [0.29, 0.717) is 30.2 Å². The zero-order valence-corrected chi connectivity index (χ0v) is 19.8. The SMILES string of the molecule is C[C@@H](CNC(=O)CCCN(c1ccccc1Oc1ccccc1)S(C)(=O)=O)c1ccccc1. The van der Waals surface area contributed by atoms with Crippen LogP contribution in [0.4, 0.5) is 5.69 Å². The smallest absolute Gasteiger partial charge is 0.232 e. The highest BCUT2D eigenvalue weighted by Crippen LogP contribution is 2.33. The second kappa shape index (κ2) is 11.5. The fraction of sp³-hybridized carbons (Fsp3) is 0.269. The number of hydrogen-bond donors (Lipinski definition) is 1. The van der Waals surface area contributed by atoms with E-state index in [1.165, 1.54) is 4.31 Å². The van der Waals surface area contributed by atoms with Gasteiger partial charge in [-0.1, -0.05) is 67.6 Å². The normalized spacial score (nSPS) is 12.1. The van der Waals surface area contributed by atoms with Gasteiger partial charge in [0.15, 0.2) is 5.75 Å². The molecule has 1 N–H and O–H groups in total. The number of nitrogens with zero attached hydrogens (tertiary/aromatic N) is 1. The maximum atomic E-state index is 12.6. The molecule has 1 atom stereocenters. The van der Waals surface area contributed by atoms with Gasteiger partial charge in [-0.3, -0.25) is 9.10 Å². The summed E-state index contributed by atoms with van der Waals surface area (Å²) in [6.07, 6.45) is 1.78. The van der Waals surface area contributed by atoms with E-state index in [2.05, 4.69) is 12.2 Å². The van der Waals surface area contributed by atoms with Crippen molar-refractivity contribution < 1.29 is 17.9 Å². The molecule has 0 aliphatic heterocycles. The Morgan fingerprint density at radius 3 is 2.21 bits per heavy atom.